The van der Waals surface area contributed by atoms with Gasteiger partial charge in [0.2, 0.25) is 5.91 Å². The highest BCUT2D eigenvalue weighted by Crippen LogP contribution is 2.30. The van der Waals surface area contributed by atoms with Crippen LogP contribution in [0, 0.1) is 0 Å². The first-order valence-corrected chi connectivity index (χ1v) is 11.8. The standard InChI is InChI=1S/C26H35N5O4/c1-5-23(32)19-10-11-24(35-4)22(14-19)30(17-25(33)28-13-12-27-2)18-26(34)29(3)31-15-20-8-6-7-9-21(20)16-31/h6-11,14,27H,5,12-13,15-18H2,1-4H3,(H,28,33). The van der Waals surface area contributed by atoms with E-state index in [0.29, 0.717) is 49.6 Å². The summed E-state index contributed by atoms with van der Waals surface area (Å²) in [6, 6.07) is 13.2. The Bertz CT molecular complexity index is 1030. The normalized spacial score (nSPS) is 12.7. The predicted octanol–water partition coefficient (Wildman–Crippen LogP) is 1.82. The van der Waals surface area contributed by atoms with Gasteiger partial charge in [-0.15, -0.1) is 0 Å². The molecule has 0 bridgehead atoms. The van der Waals surface area contributed by atoms with Crippen molar-refractivity contribution in [1.29, 1.82) is 0 Å². The molecule has 0 atom stereocenters. The molecule has 9 nitrogen and oxygen atoms in total. The molecule has 9 heteroatoms. The highest BCUT2D eigenvalue weighted by molar-refractivity contribution is 5.97. The van der Waals surface area contributed by atoms with Crippen LogP contribution in [0.1, 0.15) is 34.8 Å². The largest absolute Gasteiger partial charge is 0.495 e. The summed E-state index contributed by atoms with van der Waals surface area (Å²) in [5, 5.41) is 9.43. The highest BCUT2D eigenvalue weighted by atomic mass is 16.5. The Kier molecular flexibility index (Phi) is 9.22. The smallest absolute Gasteiger partial charge is 0.256 e. The molecule has 35 heavy (non-hydrogen) atoms. The van der Waals surface area contributed by atoms with E-state index in [-0.39, 0.29) is 30.7 Å². The summed E-state index contributed by atoms with van der Waals surface area (Å²) in [7, 11) is 5.08. The zero-order valence-electron chi connectivity index (χ0n) is 21.0. The lowest BCUT2D eigenvalue weighted by molar-refractivity contribution is -0.145. The molecule has 2 N–H and O–H groups in total. The topological polar surface area (TPSA) is 94.2 Å². The minimum absolute atomic E-state index is 0.0226. The lowest BCUT2D eigenvalue weighted by atomic mass is 10.1. The van der Waals surface area contributed by atoms with Crippen molar-refractivity contribution < 1.29 is 19.1 Å². The van der Waals surface area contributed by atoms with E-state index >= 15 is 0 Å². The molecule has 1 aliphatic rings. The average Bonchev–Trinajstić information content (AvgIpc) is 3.31. The van der Waals surface area contributed by atoms with E-state index in [4.69, 9.17) is 4.74 Å². The number of benzene rings is 2. The molecular weight excluding hydrogens is 446 g/mol. The van der Waals surface area contributed by atoms with Gasteiger partial charge < -0.3 is 20.3 Å². The van der Waals surface area contributed by atoms with Crippen molar-refractivity contribution >= 4 is 23.3 Å². The number of carbonyl (C=O) groups excluding carboxylic acids is 3. The highest BCUT2D eigenvalue weighted by Gasteiger charge is 2.27. The molecular formula is C26H35N5O4. The number of anilines is 1. The number of amides is 2. The Balaban J connectivity index is 1.82. The van der Waals surface area contributed by atoms with Crippen molar-refractivity contribution in [2.45, 2.75) is 26.4 Å². The van der Waals surface area contributed by atoms with Crippen LogP contribution in [-0.2, 0) is 22.7 Å². The Labute approximate surface area is 207 Å². The van der Waals surface area contributed by atoms with Crippen molar-refractivity contribution in [3.63, 3.8) is 0 Å². The summed E-state index contributed by atoms with van der Waals surface area (Å²) in [4.78, 5) is 40.1. The molecule has 0 saturated heterocycles. The number of rotatable bonds is 12. The van der Waals surface area contributed by atoms with Gasteiger partial charge in [-0.2, -0.15) is 0 Å². The number of hydrazine groups is 1. The molecule has 188 valence electrons. The van der Waals surface area contributed by atoms with Crippen LogP contribution in [0.3, 0.4) is 0 Å². The third-order valence-electron chi connectivity index (χ3n) is 6.13. The molecule has 0 fully saturated rings. The quantitative estimate of drug-likeness (QED) is 0.353. The number of likely N-dealkylation sites (N-methyl/N-ethyl adjacent to an activating group) is 2. The van der Waals surface area contributed by atoms with Crippen LogP contribution < -0.4 is 20.3 Å². The number of nitrogens with zero attached hydrogens (tertiary/aromatic N) is 3. The van der Waals surface area contributed by atoms with Crippen LogP contribution in [0.25, 0.3) is 0 Å². The number of Topliss-reactive ketones (excluding diaryl/α,β-unsaturated/α-hetero) is 1. The fourth-order valence-electron chi connectivity index (χ4n) is 4.05. The summed E-state index contributed by atoms with van der Waals surface area (Å²) >= 11 is 0. The molecule has 0 aliphatic carbocycles. The summed E-state index contributed by atoms with van der Waals surface area (Å²) in [5.41, 5.74) is 3.43. The minimum Gasteiger partial charge on any atom is -0.495 e. The summed E-state index contributed by atoms with van der Waals surface area (Å²) in [6.07, 6.45) is 0.355. The van der Waals surface area contributed by atoms with Crippen LogP contribution in [0.15, 0.2) is 42.5 Å². The Morgan fingerprint density at radius 2 is 1.71 bits per heavy atom. The summed E-state index contributed by atoms with van der Waals surface area (Å²) in [6.45, 7) is 4.08. The molecule has 1 aliphatic heterocycles. The Hall–Kier alpha value is -3.43. The van der Waals surface area contributed by atoms with E-state index in [9.17, 15) is 14.4 Å². The summed E-state index contributed by atoms with van der Waals surface area (Å²) in [5.74, 6) is 0.0731. The fraction of sp³-hybridized carbons (Fsp3) is 0.423. The third-order valence-corrected chi connectivity index (χ3v) is 6.13. The zero-order chi connectivity index (χ0) is 25.4. The molecule has 1 heterocycles. The number of fused-ring (bicyclic) bond motifs is 1. The van der Waals surface area contributed by atoms with E-state index in [0.717, 1.165) is 0 Å². The van der Waals surface area contributed by atoms with Crippen LogP contribution in [0.2, 0.25) is 0 Å². The maximum Gasteiger partial charge on any atom is 0.256 e. The maximum absolute atomic E-state index is 13.4. The van der Waals surface area contributed by atoms with Crippen molar-refractivity contribution in [2.24, 2.45) is 0 Å². The monoisotopic (exact) mass is 481 g/mol. The van der Waals surface area contributed by atoms with E-state index in [1.807, 2.05) is 24.2 Å². The van der Waals surface area contributed by atoms with Gasteiger partial charge in [0.1, 0.15) is 5.75 Å². The lowest BCUT2D eigenvalue weighted by Gasteiger charge is -2.32. The van der Waals surface area contributed by atoms with Gasteiger partial charge in [0.05, 0.1) is 25.9 Å². The SMILES string of the molecule is CCC(=O)c1ccc(OC)c(N(CC(=O)NCCNC)CC(=O)N(C)N2Cc3ccccc3C2)c1. The molecule has 0 spiro atoms. The van der Waals surface area contributed by atoms with Gasteiger partial charge in [0.15, 0.2) is 5.78 Å². The van der Waals surface area contributed by atoms with E-state index in [1.54, 1.807) is 42.1 Å². The zero-order valence-corrected chi connectivity index (χ0v) is 21.0. The van der Waals surface area contributed by atoms with Crippen molar-refractivity contribution in [3.05, 3.63) is 59.2 Å². The van der Waals surface area contributed by atoms with Crippen LogP contribution >= 0.6 is 0 Å². The van der Waals surface area contributed by atoms with Gasteiger partial charge >= 0.3 is 0 Å². The second-order valence-corrected chi connectivity index (χ2v) is 8.48. The van der Waals surface area contributed by atoms with E-state index in [1.165, 1.54) is 18.2 Å². The van der Waals surface area contributed by atoms with Gasteiger partial charge in [-0.05, 0) is 36.4 Å². The second kappa shape index (κ2) is 12.3. The Morgan fingerprint density at radius 3 is 2.31 bits per heavy atom. The number of hydrogen-bond acceptors (Lipinski definition) is 7. The number of ketones is 1. The van der Waals surface area contributed by atoms with Crippen LogP contribution in [0.5, 0.6) is 5.75 Å². The number of nitrogens with one attached hydrogen (secondary N) is 2. The number of ether oxygens (including phenoxy) is 1. The first-order chi connectivity index (χ1) is 16.9. The Morgan fingerprint density at radius 1 is 1.03 bits per heavy atom. The van der Waals surface area contributed by atoms with Gasteiger partial charge in [-0.3, -0.25) is 19.4 Å². The average molecular weight is 482 g/mol. The summed E-state index contributed by atoms with van der Waals surface area (Å²) < 4.78 is 5.53. The number of carbonyl (C=O) groups is 3. The maximum atomic E-state index is 13.4. The van der Waals surface area contributed by atoms with E-state index in [2.05, 4.69) is 22.8 Å². The molecule has 2 aromatic carbocycles. The number of methoxy groups -OCH3 is 1. The van der Waals surface area contributed by atoms with Crippen molar-refractivity contribution in [1.82, 2.24) is 20.7 Å². The first kappa shape index (κ1) is 26.2. The van der Waals surface area contributed by atoms with Gasteiger partial charge in [0.25, 0.3) is 5.91 Å². The number of hydrogen-bond donors (Lipinski definition) is 2. The predicted molar refractivity (Wildman–Crippen MR) is 135 cm³/mol. The molecule has 2 amide bonds. The van der Waals surface area contributed by atoms with Crippen molar-refractivity contribution in [2.75, 3.05) is 52.3 Å². The molecule has 0 radical (unpaired) electrons. The van der Waals surface area contributed by atoms with E-state index < -0.39 is 0 Å². The molecule has 0 saturated carbocycles. The first-order valence-electron chi connectivity index (χ1n) is 11.8. The van der Waals surface area contributed by atoms with Crippen LogP contribution in [-0.4, -0.2) is 75.0 Å². The third kappa shape index (κ3) is 6.58. The second-order valence-electron chi connectivity index (χ2n) is 8.48. The lowest BCUT2D eigenvalue weighted by Crippen LogP contribution is -2.48. The molecule has 3 rings (SSSR count). The molecule has 0 aromatic heterocycles. The van der Waals surface area contributed by atoms with Crippen molar-refractivity contribution in [3.8, 4) is 5.75 Å². The minimum atomic E-state index is -0.224. The van der Waals surface area contributed by atoms with Crippen LogP contribution in [0.4, 0.5) is 5.69 Å². The molecule has 2 aromatic rings. The van der Waals surface area contributed by atoms with Gasteiger partial charge in [0, 0.05) is 45.2 Å². The fourth-order valence-corrected chi connectivity index (χ4v) is 4.05. The van der Waals surface area contributed by atoms with Gasteiger partial charge in [-0.25, -0.2) is 5.01 Å². The molecule has 0 unspecified atom stereocenters. The van der Waals surface area contributed by atoms with Gasteiger partial charge in [-0.1, -0.05) is 31.2 Å².